The molecule has 1 unspecified atom stereocenters. The lowest BCUT2D eigenvalue weighted by atomic mass is 10.0. The summed E-state index contributed by atoms with van der Waals surface area (Å²) in [5.74, 6) is -0.0753. The lowest BCUT2D eigenvalue weighted by Crippen LogP contribution is -2.18. The Bertz CT molecular complexity index is 390. The van der Waals surface area contributed by atoms with Gasteiger partial charge in [-0.15, -0.1) is 0 Å². The molecular weight excluding hydrogens is 352 g/mol. The first-order valence-electron chi connectivity index (χ1n) is 11.7. The van der Waals surface area contributed by atoms with Crippen molar-refractivity contribution >= 4 is 11.9 Å². The summed E-state index contributed by atoms with van der Waals surface area (Å²) in [7, 11) is 0. The quantitative estimate of drug-likeness (QED) is 0.184. The van der Waals surface area contributed by atoms with Crippen LogP contribution < -0.4 is 0 Å². The second-order valence-corrected chi connectivity index (χ2v) is 8.71. The zero-order chi connectivity index (χ0) is 21.2. The molecule has 0 spiro atoms. The third kappa shape index (κ3) is 18.3. The summed E-state index contributed by atoms with van der Waals surface area (Å²) in [5.41, 5.74) is 0. The maximum Gasteiger partial charge on any atom is 0.308 e. The van der Waals surface area contributed by atoms with Crippen LogP contribution in [0.15, 0.2) is 0 Å². The van der Waals surface area contributed by atoms with Crippen LogP contribution in [-0.2, 0) is 19.1 Å². The average molecular weight is 399 g/mol. The smallest absolute Gasteiger partial charge is 0.308 e. The first-order valence-corrected chi connectivity index (χ1v) is 11.7. The summed E-state index contributed by atoms with van der Waals surface area (Å²) >= 11 is 0. The van der Waals surface area contributed by atoms with Gasteiger partial charge in [-0.1, -0.05) is 77.6 Å². The molecule has 0 aliphatic carbocycles. The van der Waals surface area contributed by atoms with Crippen LogP contribution in [0.25, 0.3) is 0 Å². The minimum absolute atomic E-state index is 0.00424. The van der Waals surface area contributed by atoms with E-state index in [9.17, 15) is 9.59 Å². The van der Waals surface area contributed by atoms with Crippen LogP contribution in [0.3, 0.4) is 0 Å². The van der Waals surface area contributed by atoms with Crippen molar-refractivity contribution in [1.82, 2.24) is 0 Å². The molecule has 0 aromatic rings. The van der Waals surface area contributed by atoms with Crippen LogP contribution in [0.2, 0.25) is 0 Å². The van der Waals surface area contributed by atoms with Gasteiger partial charge in [0.1, 0.15) is 0 Å². The Morgan fingerprint density at radius 3 is 1.39 bits per heavy atom. The summed E-state index contributed by atoms with van der Waals surface area (Å²) in [6.45, 7) is 9.56. The van der Waals surface area contributed by atoms with E-state index in [4.69, 9.17) is 9.47 Å². The van der Waals surface area contributed by atoms with Gasteiger partial charge in [0.25, 0.3) is 0 Å². The maximum atomic E-state index is 11.7. The molecule has 0 N–H and O–H groups in total. The van der Waals surface area contributed by atoms with Crippen molar-refractivity contribution in [3.63, 3.8) is 0 Å². The highest BCUT2D eigenvalue weighted by molar-refractivity contribution is 5.72. The second-order valence-electron chi connectivity index (χ2n) is 8.71. The van der Waals surface area contributed by atoms with Crippen molar-refractivity contribution < 1.29 is 19.1 Å². The Morgan fingerprint density at radius 1 is 0.571 bits per heavy atom. The van der Waals surface area contributed by atoms with Gasteiger partial charge in [0.2, 0.25) is 0 Å². The van der Waals surface area contributed by atoms with Gasteiger partial charge < -0.3 is 9.47 Å². The first kappa shape index (κ1) is 26.9. The highest BCUT2D eigenvalue weighted by Crippen LogP contribution is 2.16. The third-order valence-electron chi connectivity index (χ3n) is 4.89. The van der Waals surface area contributed by atoms with E-state index in [2.05, 4.69) is 0 Å². The molecule has 28 heavy (non-hydrogen) atoms. The average Bonchev–Trinajstić information content (AvgIpc) is 2.60. The fourth-order valence-corrected chi connectivity index (χ4v) is 3.28. The van der Waals surface area contributed by atoms with Crippen molar-refractivity contribution in [2.75, 3.05) is 0 Å². The minimum Gasteiger partial charge on any atom is -0.463 e. The van der Waals surface area contributed by atoms with Crippen LogP contribution in [0.4, 0.5) is 0 Å². The number of hydrogen-bond acceptors (Lipinski definition) is 4. The second kappa shape index (κ2) is 18.0. The van der Waals surface area contributed by atoms with E-state index < -0.39 is 0 Å². The van der Waals surface area contributed by atoms with Crippen LogP contribution in [0.1, 0.15) is 125 Å². The normalized spacial score (nSPS) is 12.4. The van der Waals surface area contributed by atoms with Gasteiger partial charge in [-0.05, 0) is 40.5 Å². The molecule has 0 bridgehead atoms. The lowest BCUT2D eigenvalue weighted by molar-refractivity contribution is -0.152. The predicted octanol–water partition coefficient (Wildman–Crippen LogP) is 6.99. The van der Waals surface area contributed by atoms with Gasteiger partial charge >= 0.3 is 11.9 Å². The number of esters is 2. The molecule has 0 amide bonds. The van der Waals surface area contributed by atoms with E-state index in [0.717, 1.165) is 25.7 Å². The van der Waals surface area contributed by atoms with Gasteiger partial charge in [0.15, 0.2) is 0 Å². The van der Waals surface area contributed by atoms with E-state index in [1.807, 2.05) is 34.6 Å². The largest absolute Gasteiger partial charge is 0.463 e. The monoisotopic (exact) mass is 398 g/mol. The van der Waals surface area contributed by atoms with Crippen molar-refractivity contribution in [3.05, 3.63) is 0 Å². The highest BCUT2D eigenvalue weighted by atomic mass is 16.5. The Balaban J connectivity index is 3.28. The van der Waals surface area contributed by atoms with Gasteiger partial charge in [0.05, 0.1) is 18.1 Å². The van der Waals surface area contributed by atoms with E-state index in [1.165, 1.54) is 57.8 Å². The summed E-state index contributed by atoms with van der Waals surface area (Å²) in [6.07, 6.45) is 16.3. The molecule has 0 radical (unpaired) electrons. The number of ether oxygens (including phenoxy) is 2. The summed E-state index contributed by atoms with van der Waals surface area (Å²) < 4.78 is 10.4. The summed E-state index contributed by atoms with van der Waals surface area (Å²) in [6, 6.07) is 0. The first-order chi connectivity index (χ1) is 13.3. The molecule has 0 aliphatic heterocycles. The van der Waals surface area contributed by atoms with Crippen molar-refractivity contribution in [1.29, 1.82) is 0 Å². The topological polar surface area (TPSA) is 52.6 Å². The van der Waals surface area contributed by atoms with Crippen LogP contribution in [-0.4, -0.2) is 24.1 Å². The van der Waals surface area contributed by atoms with E-state index in [0.29, 0.717) is 6.42 Å². The molecule has 0 saturated heterocycles. The van der Waals surface area contributed by atoms with Crippen molar-refractivity contribution in [3.8, 4) is 0 Å². The van der Waals surface area contributed by atoms with Gasteiger partial charge in [-0.2, -0.15) is 0 Å². The molecule has 0 aromatic carbocycles. The van der Waals surface area contributed by atoms with E-state index >= 15 is 0 Å². The summed E-state index contributed by atoms with van der Waals surface area (Å²) in [5, 5.41) is 0. The zero-order valence-electron chi connectivity index (χ0n) is 19.3. The zero-order valence-corrected chi connectivity index (χ0v) is 19.3. The Hall–Kier alpha value is -1.06. The molecule has 4 heteroatoms. The highest BCUT2D eigenvalue weighted by Gasteiger charge is 2.14. The molecule has 4 nitrogen and oxygen atoms in total. The predicted molar refractivity (Wildman–Crippen MR) is 116 cm³/mol. The number of hydrogen-bond donors (Lipinski definition) is 0. The lowest BCUT2D eigenvalue weighted by Gasteiger charge is -2.13. The Kier molecular flexibility index (Phi) is 17.3. The summed E-state index contributed by atoms with van der Waals surface area (Å²) in [4.78, 5) is 23.1. The van der Waals surface area contributed by atoms with Gasteiger partial charge in [-0.3, -0.25) is 9.59 Å². The maximum absolute atomic E-state index is 11.7. The van der Waals surface area contributed by atoms with Gasteiger partial charge in [0, 0.05) is 6.42 Å². The number of carbonyl (C=O) groups excluding carboxylic acids is 2. The van der Waals surface area contributed by atoms with Crippen LogP contribution in [0, 0.1) is 5.92 Å². The molecule has 0 saturated carbocycles. The SMILES string of the molecule is CC(C)OC(=O)CCCCCCCCCCCCCCC(C)C(=O)OC(C)C. The minimum atomic E-state index is -0.0556. The molecule has 0 fully saturated rings. The molecule has 0 rings (SSSR count). The fraction of sp³-hybridized carbons (Fsp3) is 0.917. The van der Waals surface area contributed by atoms with Crippen molar-refractivity contribution in [2.45, 2.75) is 137 Å². The number of rotatable bonds is 18. The Labute approximate surface area is 174 Å². The van der Waals surface area contributed by atoms with Crippen LogP contribution in [0.5, 0.6) is 0 Å². The molecule has 0 aliphatic rings. The number of unbranched alkanes of at least 4 members (excludes halogenated alkanes) is 11. The van der Waals surface area contributed by atoms with Crippen LogP contribution >= 0.6 is 0 Å². The molecule has 0 heterocycles. The Morgan fingerprint density at radius 2 is 0.964 bits per heavy atom. The number of carbonyl (C=O) groups is 2. The molecule has 0 aromatic heterocycles. The fourth-order valence-electron chi connectivity index (χ4n) is 3.28. The standard InChI is InChI=1S/C24H46O4/c1-20(2)27-23(25)19-17-15-13-11-9-7-6-8-10-12-14-16-18-22(5)24(26)28-21(3)4/h20-22H,6-19H2,1-5H3. The third-order valence-corrected chi connectivity index (χ3v) is 4.89. The van der Waals surface area contributed by atoms with E-state index in [1.54, 1.807) is 0 Å². The molecule has 166 valence electrons. The van der Waals surface area contributed by atoms with Crippen molar-refractivity contribution in [2.24, 2.45) is 5.92 Å². The molecular formula is C24H46O4. The van der Waals surface area contributed by atoms with E-state index in [-0.39, 0.29) is 30.1 Å². The molecule has 1 atom stereocenters. The van der Waals surface area contributed by atoms with Gasteiger partial charge in [-0.25, -0.2) is 0 Å².